The van der Waals surface area contributed by atoms with Crippen LogP contribution in [0.4, 0.5) is 0 Å². The van der Waals surface area contributed by atoms with Crippen molar-refractivity contribution in [2.45, 2.75) is 11.8 Å². The van der Waals surface area contributed by atoms with Gasteiger partial charge in [0.15, 0.2) is 0 Å². The Kier molecular flexibility index (Phi) is 2.75. The van der Waals surface area contributed by atoms with Crippen LogP contribution >= 0.6 is 35.0 Å². The van der Waals surface area contributed by atoms with Crippen LogP contribution in [-0.2, 0) is 5.75 Å². The summed E-state index contributed by atoms with van der Waals surface area (Å²) >= 11 is 13.8. The summed E-state index contributed by atoms with van der Waals surface area (Å²) in [7, 11) is 0. The summed E-state index contributed by atoms with van der Waals surface area (Å²) in [4.78, 5) is 0. The van der Waals surface area contributed by atoms with Crippen molar-refractivity contribution in [3.8, 4) is 0 Å². The van der Waals surface area contributed by atoms with Crippen LogP contribution in [0.2, 0.25) is 10.0 Å². The van der Waals surface area contributed by atoms with E-state index >= 15 is 0 Å². The van der Waals surface area contributed by atoms with Gasteiger partial charge < -0.3 is 5.73 Å². The van der Waals surface area contributed by atoms with Crippen molar-refractivity contribution in [1.82, 2.24) is 0 Å². The Bertz CT molecular complexity index is 341. The zero-order valence-corrected chi connectivity index (χ0v) is 9.22. The topological polar surface area (TPSA) is 26.0 Å². The Labute approximate surface area is 91.6 Å². The molecule has 2 N–H and O–H groups in total. The van der Waals surface area contributed by atoms with Crippen molar-refractivity contribution in [2.24, 2.45) is 5.73 Å². The molecule has 0 aromatic heterocycles. The van der Waals surface area contributed by atoms with Crippen LogP contribution in [-0.4, -0.2) is 5.75 Å². The largest absolute Gasteiger partial charge is 0.323 e. The lowest BCUT2D eigenvalue weighted by atomic mass is 10.0. The third-order valence-electron chi connectivity index (χ3n) is 2.18. The molecule has 2 rings (SSSR count). The molecule has 1 aromatic rings. The van der Waals surface area contributed by atoms with E-state index in [1.54, 1.807) is 11.8 Å². The molecule has 1 atom stereocenters. The number of benzene rings is 1. The Balaban J connectivity index is 2.56. The van der Waals surface area contributed by atoms with Gasteiger partial charge in [-0.3, -0.25) is 0 Å². The quantitative estimate of drug-likeness (QED) is 0.745. The normalized spacial score (nSPS) is 21.3. The first kappa shape index (κ1) is 9.66. The van der Waals surface area contributed by atoms with Gasteiger partial charge in [-0.15, -0.1) is 0 Å². The lowest BCUT2D eigenvalue weighted by Gasteiger charge is -2.23. The fourth-order valence-corrected chi connectivity index (χ4v) is 3.04. The van der Waals surface area contributed by atoms with Gasteiger partial charge in [0.25, 0.3) is 0 Å². The highest BCUT2D eigenvalue weighted by atomic mass is 35.5. The molecule has 0 unspecified atom stereocenters. The van der Waals surface area contributed by atoms with Crippen LogP contribution in [0, 0.1) is 0 Å². The van der Waals surface area contributed by atoms with Crippen LogP contribution in [0.5, 0.6) is 0 Å². The van der Waals surface area contributed by atoms with Crippen molar-refractivity contribution < 1.29 is 0 Å². The van der Waals surface area contributed by atoms with Crippen molar-refractivity contribution in [1.29, 1.82) is 0 Å². The number of rotatable bonds is 0. The monoisotopic (exact) mass is 233 g/mol. The van der Waals surface area contributed by atoms with Crippen molar-refractivity contribution >= 4 is 35.0 Å². The van der Waals surface area contributed by atoms with Crippen LogP contribution in [0.3, 0.4) is 0 Å². The SMILES string of the molecule is N[C@@H]1CSCc2c1ccc(Cl)c2Cl. The molecule has 1 aliphatic heterocycles. The highest BCUT2D eigenvalue weighted by Gasteiger charge is 2.20. The van der Waals surface area contributed by atoms with Crippen molar-refractivity contribution in [2.75, 3.05) is 5.75 Å². The lowest BCUT2D eigenvalue weighted by molar-refractivity contribution is 0.810. The fraction of sp³-hybridized carbons (Fsp3) is 0.333. The Hall–Kier alpha value is 0.110. The minimum absolute atomic E-state index is 0.100. The van der Waals surface area contributed by atoms with E-state index in [9.17, 15) is 0 Å². The standard InChI is InChI=1S/C9H9Cl2NS/c10-7-2-1-5-6(9(7)11)3-13-4-8(5)12/h1-2,8H,3-4,12H2/t8-/m1/s1. The van der Waals surface area contributed by atoms with Gasteiger partial charge in [-0.2, -0.15) is 11.8 Å². The molecule has 1 aromatic carbocycles. The molecule has 0 spiro atoms. The minimum atomic E-state index is 0.100. The maximum absolute atomic E-state index is 6.08. The summed E-state index contributed by atoms with van der Waals surface area (Å²) in [5, 5.41) is 1.29. The second-order valence-corrected chi connectivity index (χ2v) is 4.87. The number of hydrogen-bond donors (Lipinski definition) is 1. The summed E-state index contributed by atoms with van der Waals surface area (Å²) in [6, 6.07) is 3.90. The first-order valence-electron chi connectivity index (χ1n) is 4.00. The predicted molar refractivity (Wildman–Crippen MR) is 59.6 cm³/mol. The number of halogens is 2. The molecule has 0 fully saturated rings. The molecule has 0 radical (unpaired) electrons. The van der Waals surface area contributed by atoms with E-state index in [0.717, 1.165) is 22.6 Å². The summed E-state index contributed by atoms with van der Waals surface area (Å²) < 4.78 is 0. The summed E-state index contributed by atoms with van der Waals surface area (Å²) in [6.07, 6.45) is 0. The van der Waals surface area contributed by atoms with Crippen LogP contribution in [0.1, 0.15) is 17.2 Å². The second-order valence-electron chi connectivity index (χ2n) is 3.05. The molecule has 0 aliphatic carbocycles. The maximum Gasteiger partial charge on any atom is 0.0636 e. The van der Waals surface area contributed by atoms with Gasteiger partial charge in [0.05, 0.1) is 10.0 Å². The highest BCUT2D eigenvalue weighted by Crippen LogP contribution is 2.37. The maximum atomic E-state index is 6.08. The molecular weight excluding hydrogens is 225 g/mol. The lowest BCUT2D eigenvalue weighted by Crippen LogP contribution is -2.19. The number of fused-ring (bicyclic) bond motifs is 1. The molecule has 0 amide bonds. The third-order valence-corrected chi connectivity index (χ3v) is 4.11. The van der Waals surface area contributed by atoms with Crippen LogP contribution < -0.4 is 5.73 Å². The Morgan fingerprint density at radius 1 is 1.38 bits per heavy atom. The van der Waals surface area contributed by atoms with E-state index in [-0.39, 0.29) is 6.04 Å². The van der Waals surface area contributed by atoms with E-state index in [0.29, 0.717) is 10.0 Å². The summed E-state index contributed by atoms with van der Waals surface area (Å²) in [6.45, 7) is 0. The molecule has 13 heavy (non-hydrogen) atoms. The molecule has 1 aliphatic rings. The Morgan fingerprint density at radius 3 is 2.92 bits per heavy atom. The van der Waals surface area contributed by atoms with Gasteiger partial charge in [0, 0.05) is 17.5 Å². The molecule has 1 nitrogen and oxygen atoms in total. The molecule has 1 heterocycles. The predicted octanol–water partition coefficient (Wildman–Crippen LogP) is 3.24. The summed E-state index contributed by atoms with van der Waals surface area (Å²) in [5.41, 5.74) is 8.20. The van der Waals surface area contributed by atoms with Crippen LogP contribution in [0.15, 0.2) is 12.1 Å². The first-order valence-corrected chi connectivity index (χ1v) is 5.91. The number of hydrogen-bond acceptors (Lipinski definition) is 2. The zero-order valence-electron chi connectivity index (χ0n) is 6.89. The van der Waals surface area contributed by atoms with Crippen molar-refractivity contribution in [3.05, 3.63) is 33.3 Å². The number of nitrogens with two attached hydrogens (primary N) is 1. The van der Waals surface area contributed by atoms with Gasteiger partial charge in [-0.25, -0.2) is 0 Å². The smallest absolute Gasteiger partial charge is 0.0636 e. The molecule has 70 valence electrons. The Morgan fingerprint density at radius 2 is 2.15 bits per heavy atom. The minimum Gasteiger partial charge on any atom is -0.323 e. The van der Waals surface area contributed by atoms with E-state index in [1.807, 2.05) is 12.1 Å². The molecular formula is C9H9Cl2NS. The van der Waals surface area contributed by atoms with Crippen molar-refractivity contribution in [3.63, 3.8) is 0 Å². The fourth-order valence-electron chi connectivity index (χ4n) is 1.48. The van der Waals surface area contributed by atoms with E-state index < -0.39 is 0 Å². The first-order chi connectivity index (χ1) is 6.20. The highest BCUT2D eigenvalue weighted by molar-refractivity contribution is 7.98. The van der Waals surface area contributed by atoms with Gasteiger partial charge in [0.1, 0.15) is 0 Å². The van der Waals surface area contributed by atoms with E-state index in [2.05, 4.69) is 0 Å². The molecule has 0 bridgehead atoms. The van der Waals surface area contributed by atoms with E-state index in [4.69, 9.17) is 28.9 Å². The average molecular weight is 234 g/mol. The van der Waals surface area contributed by atoms with Gasteiger partial charge in [-0.05, 0) is 17.2 Å². The van der Waals surface area contributed by atoms with Gasteiger partial charge in [-0.1, -0.05) is 29.3 Å². The molecule has 0 saturated heterocycles. The third kappa shape index (κ3) is 1.68. The summed E-state index contributed by atoms with van der Waals surface area (Å²) in [5.74, 6) is 1.88. The number of thioether (sulfide) groups is 1. The van der Waals surface area contributed by atoms with Gasteiger partial charge in [0.2, 0.25) is 0 Å². The van der Waals surface area contributed by atoms with Gasteiger partial charge >= 0.3 is 0 Å². The second kappa shape index (κ2) is 3.70. The molecule has 4 heteroatoms. The molecule has 0 saturated carbocycles. The average Bonchev–Trinajstić information content (AvgIpc) is 2.12. The zero-order chi connectivity index (χ0) is 9.42. The van der Waals surface area contributed by atoms with Crippen LogP contribution in [0.25, 0.3) is 0 Å². The van der Waals surface area contributed by atoms with E-state index in [1.165, 1.54) is 0 Å².